The van der Waals surface area contributed by atoms with Crippen LogP contribution in [0.15, 0.2) is 6.07 Å². The SMILES string of the molecule is COC(=O)c1cc(N)n(CCC(F)F)n1. The Morgan fingerprint density at radius 2 is 2.40 bits per heavy atom. The molecule has 0 aliphatic heterocycles. The lowest BCUT2D eigenvalue weighted by atomic mass is 10.4. The van der Waals surface area contributed by atoms with Crippen molar-refractivity contribution in [2.75, 3.05) is 12.8 Å². The molecule has 1 rings (SSSR count). The van der Waals surface area contributed by atoms with Crippen LogP contribution in [0, 0.1) is 0 Å². The molecule has 2 N–H and O–H groups in total. The van der Waals surface area contributed by atoms with Gasteiger partial charge in [0.2, 0.25) is 6.43 Å². The van der Waals surface area contributed by atoms with E-state index in [-0.39, 0.29) is 24.5 Å². The van der Waals surface area contributed by atoms with E-state index in [9.17, 15) is 13.6 Å². The summed E-state index contributed by atoms with van der Waals surface area (Å²) in [5.41, 5.74) is 5.49. The van der Waals surface area contributed by atoms with E-state index in [1.165, 1.54) is 13.2 Å². The summed E-state index contributed by atoms with van der Waals surface area (Å²) < 4.78 is 29.4. The van der Waals surface area contributed by atoms with Crippen molar-refractivity contribution in [3.8, 4) is 0 Å². The summed E-state index contributed by atoms with van der Waals surface area (Å²) in [7, 11) is 1.21. The van der Waals surface area contributed by atoms with Crippen LogP contribution in [0.2, 0.25) is 0 Å². The summed E-state index contributed by atoms with van der Waals surface area (Å²) >= 11 is 0. The molecule has 0 spiro atoms. The third-order valence-electron chi connectivity index (χ3n) is 1.76. The number of hydrogen-bond donors (Lipinski definition) is 1. The molecule has 0 saturated heterocycles. The fraction of sp³-hybridized carbons (Fsp3) is 0.500. The number of nitrogens with two attached hydrogens (primary N) is 1. The van der Waals surface area contributed by atoms with Crippen molar-refractivity contribution in [2.24, 2.45) is 0 Å². The zero-order chi connectivity index (χ0) is 11.4. The van der Waals surface area contributed by atoms with Gasteiger partial charge < -0.3 is 10.5 Å². The van der Waals surface area contributed by atoms with Gasteiger partial charge in [-0.15, -0.1) is 0 Å². The molecule has 1 aromatic heterocycles. The Labute approximate surface area is 84.8 Å². The number of esters is 1. The van der Waals surface area contributed by atoms with Crippen molar-refractivity contribution in [1.29, 1.82) is 0 Å². The molecule has 1 heterocycles. The number of ether oxygens (including phenoxy) is 1. The molecule has 0 bridgehead atoms. The molecule has 5 nitrogen and oxygen atoms in total. The van der Waals surface area contributed by atoms with E-state index in [1.54, 1.807) is 0 Å². The standard InChI is InChI=1S/C8H11F2N3O2/c1-15-8(14)5-4-7(11)13(12-5)3-2-6(9)10/h4,6H,2-3,11H2,1H3. The minimum Gasteiger partial charge on any atom is -0.464 e. The highest BCUT2D eigenvalue weighted by atomic mass is 19.3. The maximum absolute atomic E-state index is 11.9. The normalized spacial score (nSPS) is 10.7. The molecule has 84 valence electrons. The van der Waals surface area contributed by atoms with Crippen LogP contribution in [0.4, 0.5) is 14.6 Å². The molecule has 0 radical (unpaired) electrons. The van der Waals surface area contributed by atoms with Crippen LogP contribution in [-0.4, -0.2) is 29.3 Å². The van der Waals surface area contributed by atoms with Crippen molar-refractivity contribution in [2.45, 2.75) is 19.4 Å². The van der Waals surface area contributed by atoms with Gasteiger partial charge in [0.05, 0.1) is 7.11 Å². The number of rotatable bonds is 4. The first kappa shape index (κ1) is 11.4. The zero-order valence-corrected chi connectivity index (χ0v) is 8.11. The van der Waals surface area contributed by atoms with Gasteiger partial charge in [0.1, 0.15) is 5.82 Å². The van der Waals surface area contributed by atoms with E-state index in [0.717, 1.165) is 4.68 Å². The van der Waals surface area contributed by atoms with E-state index in [1.807, 2.05) is 0 Å². The highest BCUT2D eigenvalue weighted by Gasteiger charge is 2.13. The molecule has 0 atom stereocenters. The first-order valence-corrected chi connectivity index (χ1v) is 4.24. The van der Waals surface area contributed by atoms with Gasteiger partial charge in [0.25, 0.3) is 0 Å². The molecule has 0 aliphatic carbocycles. The molecular weight excluding hydrogens is 208 g/mol. The maximum Gasteiger partial charge on any atom is 0.358 e. The number of anilines is 1. The number of aryl methyl sites for hydroxylation is 1. The van der Waals surface area contributed by atoms with Crippen molar-refractivity contribution in [3.63, 3.8) is 0 Å². The highest BCUT2D eigenvalue weighted by molar-refractivity contribution is 5.87. The number of halogens is 2. The zero-order valence-electron chi connectivity index (χ0n) is 8.11. The minimum absolute atomic E-state index is 0.0178. The number of aromatic nitrogens is 2. The molecule has 0 aromatic carbocycles. The van der Waals surface area contributed by atoms with Crippen molar-refractivity contribution in [1.82, 2.24) is 9.78 Å². The Hall–Kier alpha value is -1.66. The molecule has 0 unspecified atom stereocenters. The Kier molecular flexibility index (Phi) is 3.59. The van der Waals surface area contributed by atoms with E-state index >= 15 is 0 Å². The summed E-state index contributed by atoms with van der Waals surface area (Å²) in [5, 5.41) is 3.74. The Morgan fingerprint density at radius 1 is 1.73 bits per heavy atom. The van der Waals surface area contributed by atoms with Gasteiger partial charge in [-0.05, 0) is 0 Å². The molecule has 1 aromatic rings. The van der Waals surface area contributed by atoms with Gasteiger partial charge >= 0.3 is 5.97 Å². The van der Waals surface area contributed by atoms with E-state index in [0.29, 0.717) is 0 Å². The smallest absolute Gasteiger partial charge is 0.358 e. The molecule has 0 amide bonds. The van der Waals surface area contributed by atoms with Crippen molar-refractivity contribution >= 4 is 11.8 Å². The van der Waals surface area contributed by atoms with Gasteiger partial charge in [0.15, 0.2) is 5.69 Å². The number of nitrogens with zero attached hydrogens (tertiary/aromatic N) is 2. The lowest BCUT2D eigenvalue weighted by Crippen LogP contribution is -2.09. The Balaban J connectivity index is 2.73. The summed E-state index contributed by atoms with van der Waals surface area (Å²) in [6.07, 6.45) is -2.78. The first-order chi connectivity index (χ1) is 7.04. The summed E-state index contributed by atoms with van der Waals surface area (Å²) in [4.78, 5) is 11.0. The van der Waals surface area contributed by atoms with Crippen LogP contribution in [-0.2, 0) is 11.3 Å². The second-order valence-electron chi connectivity index (χ2n) is 2.85. The number of methoxy groups -OCH3 is 1. The van der Waals surface area contributed by atoms with Crippen LogP contribution in [0.5, 0.6) is 0 Å². The van der Waals surface area contributed by atoms with Crippen LogP contribution in [0.3, 0.4) is 0 Å². The lowest BCUT2D eigenvalue weighted by Gasteiger charge is -2.02. The van der Waals surface area contributed by atoms with Crippen LogP contribution < -0.4 is 5.73 Å². The van der Waals surface area contributed by atoms with Gasteiger partial charge in [-0.1, -0.05) is 0 Å². The quantitative estimate of drug-likeness (QED) is 0.764. The van der Waals surface area contributed by atoms with Crippen LogP contribution in [0.1, 0.15) is 16.9 Å². The van der Waals surface area contributed by atoms with Gasteiger partial charge in [-0.25, -0.2) is 18.3 Å². The second kappa shape index (κ2) is 4.72. The average Bonchev–Trinajstić information content (AvgIpc) is 2.55. The summed E-state index contributed by atoms with van der Waals surface area (Å²) in [6.45, 7) is -0.0273. The second-order valence-corrected chi connectivity index (χ2v) is 2.85. The fourth-order valence-corrected chi connectivity index (χ4v) is 1.03. The first-order valence-electron chi connectivity index (χ1n) is 4.24. The summed E-state index contributed by atoms with van der Waals surface area (Å²) in [5.74, 6) is -0.478. The topological polar surface area (TPSA) is 70.1 Å². The van der Waals surface area contributed by atoms with Crippen molar-refractivity contribution in [3.05, 3.63) is 11.8 Å². The fourth-order valence-electron chi connectivity index (χ4n) is 1.03. The van der Waals surface area contributed by atoms with Crippen LogP contribution in [0.25, 0.3) is 0 Å². The molecule has 0 fully saturated rings. The monoisotopic (exact) mass is 219 g/mol. The molecule has 15 heavy (non-hydrogen) atoms. The number of carbonyl (C=O) groups is 1. The molecular formula is C8H11F2N3O2. The van der Waals surface area contributed by atoms with Gasteiger partial charge in [-0.3, -0.25) is 0 Å². The maximum atomic E-state index is 11.9. The third-order valence-corrected chi connectivity index (χ3v) is 1.76. The minimum atomic E-state index is -2.42. The van der Waals surface area contributed by atoms with Gasteiger partial charge in [0, 0.05) is 19.0 Å². The number of hydrogen-bond acceptors (Lipinski definition) is 4. The molecule has 7 heteroatoms. The molecule has 0 saturated carbocycles. The van der Waals surface area contributed by atoms with E-state index in [2.05, 4.69) is 9.84 Å². The van der Waals surface area contributed by atoms with Gasteiger partial charge in [-0.2, -0.15) is 5.10 Å². The number of carbonyl (C=O) groups excluding carboxylic acids is 1. The average molecular weight is 219 g/mol. The van der Waals surface area contributed by atoms with Crippen molar-refractivity contribution < 1.29 is 18.3 Å². The van der Waals surface area contributed by atoms with E-state index in [4.69, 9.17) is 5.73 Å². The number of alkyl halides is 2. The molecule has 0 aliphatic rings. The Bertz CT molecular complexity index is 352. The highest BCUT2D eigenvalue weighted by Crippen LogP contribution is 2.10. The third kappa shape index (κ3) is 2.90. The van der Waals surface area contributed by atoms with Crippen LogP contribution >= 0.6 is 0 Å². The Morgan fingerprint density at radius 3 is 2.93 bits per heavy atom. The predicted octanol–water partition coefficient (Wildman–Crippen LogP) is 0.907. The largest absolute Gasteiger partial charge is 0.464 e. The lowest BCUT2D eigenvalue weighted by molar-refractivity contribution is 0.0593. The predicted molar refractivity (Wildman–Crippen MR) is 48.6 cm³/mol. The van der Waals surface area contributed by atoms with E-state index < -0.39 is 12.4 Å². The number of nitrogen functional groups attached to an aromatic ring is 1. The summed E-state index contributed by atoms with van der Waals surface area (Å²) in [6, 6.07) is 1.29.